The number of methoxy groups -OCH3 is 2. The van der Waals surface area contributed by atoms with E-state index in [1.807, 2.05) is 6.92 Å². The predicted molar refractivity (Wildman–Crippen MR) is 37.3 cm³/mol. The molecular weight excluding hydrogens is 134 g/mol. The first-order valence-corrected chi connectivity index (χ1v) is 3.06. The normalized spacial score (nSPS) is 12.6. The van der Waals surface area contributed by atoms with Crippen LogP contribution < -0.4 is 0 Å². The van der Waals surface area contributed by atoms with Crippen molar-refractivity contribution < 1.29 is 14.7 Å². The largest absolute Gasteiger partial charge is 0.411 e. The third-order valence-electron chi connectivity index (χ3n) is 1.19. The lowest BCUT2D eigenvalue weighted by molar-refractivity contribution is -0.0546. The molecule has 0 aromatic rings. The predicted octanol–water partition coefficient (Wildman–Crippen LogP) is 0.845. The Morgan fingerprint density at radius 3 is 2.10 bits per heavy atom. The number of nitrogens with zero attached hydrogens (tertiary/aromatic N) is 1. The number of rotatable bonds is 4. The molecule has 10 heavy (non-hydrogen) atoms. The maximum atomic E-state index is 8.39. The summed E-state index contributed by atoms with van der Waals surface area (Å²) in [5, 5.41) is 11.4. The minimum absolute atomic E-state index is 0.491. The van der Waals surface area contributed by atoms with Crippen molar-refractivity contribution in [3.63, 3.8) is 0 Å². The van der Waals surface area contributed by atoms with Crippen LogP contribution in [0.2, 0.25) is 0 Å². The summed E-state index contributed by atoms with van der Waals surface area (Å²) in [4.78, 5) is 0. The molecule has 0 amide bonds. The highest BCUT2D eigenvalue weighted by Crippen LogP contribution is 1.98. The fraction of sp³-hybridized carbons (Fsp3) is 0.833. The molecule has 0 aromatic carbocycles. The standard InChI is InChI=1S/C6H13NO3/c1-4-5(7-8)6(9-2)10-3/h6,8H,4H2,1-3H3. The molecule has 0 heterocycles. The summed E-state index contributed by atoms with van der Waals surface area (Å²) in [6, 6.07) is 0. The first kappa shape index (κ1) is 9.39. The Kier molecular flexibility index (Phi) is 4.88. The summed E-state index contributed by atoms with van der Waals surface area (Å²) in [5.41, 5.74) is 0.491. The molecule has 4 heteroatoms. The lowest BCUT2D eigenvalue weighted by Gasteiger charge is -2.12. The van der Waals surface area contributed by atoms with Crippen molar-refractivity contribution in [1.82, 2.24) is 0 Å². The van der Waals surface area contributed by atoms with Crippen LogP contribution in [0.4, 0.5) is 0 Å². The van der Waals surface area contributed by atoms with E-state index in [1.165, 1.54) is 14.2 Å². The van der Waals surface area contributed by atoms with Crippen molar-refractivity contribution in [3.8, 4) is 0 Å². The molecule has 0 aliphatic rings. The van der Waals surface area contributed by atoms with Gasteiger partial charge < -0.3 is 14.7 Å². The first-order valence-electron chi connectivity index (χ1n) is 3.06. The lowest BCUT2D eigenvalue weighted by atomic mass is 10.3. The molecule has 0 aliphatic carbocycles. The summed E-state index contributed by atoms with van der Waals surface area (Å²) in [7, 11) is 2.99. The molecule has 0 spiro atoms. The van der Waals surface area contributed by atoms with E-state index in [4.69, 9.17) is 14.7 Å². The zero-order valence-corrected chi connectivity index (χ0v) is 6.50. The average Bonchev–Trinajstić information content (AvgIpc) is 2.00. The molecule has 0 bridgehead atoms. The third kappa shape index (κ3) is 2.33. The number of hydrogen-bond acceptors (Lipinski definition) is 4. The summed E-state index contributed by atoms with van der Waals surface area (Å²) < 4.78 is 9.66. The first-order chi connectivity index (χ1) is 4.79. The van der Waals surface area contributed by atoms with E-state index < -0.39 is 6.29 Å². The quantitative estimate of drug-likeness (QED) is 0.277. The van der Waals surface area contributed by atoms with Crippen LogP contribution in [-0.2, 0) is 9.47 Å². The number of ether oxygens (including phenoxy) is 2. The maximum absolute atomic E-state index is 8.39. The van der Waals surface area contributed by atoms with Crippen LogP contribution in [0.25, 0.3) is 0 Å². The molecule has 0 fully saturated rings. The highest BCUT2D eigenvalue weighted by Gasteiger charge is 2.11. The zero-order valence-electron chi connectivity index (χ0n) is 6.50. The summed E-state index contributed by atoms with van der Waals surface area (Å²) in [5.74, 6) is 0. The monoisotopic (exact) mass is 147 g/mol. The van der Waals surface area contributed by atoms with Crippen molar-refractivity contribution in [2.24, 2.45) is 5.16 Å². The van der Waals surface area contributed by atoms with Crippen LogP contribution in [0.15, 0.2) is 5.16 Å². The van der Waals surface area contributed by atoms with Gasteiger partial charge in [0.15, 0.2) is 6.29 Å². The molecule has 0 radical (unpaired) electrons. The Balaban J connectivity index is 3.97. The second kappa shape index (κ2) is 5.20. The molecular formula is C6H13NO3. The molecule has 0 atom stereocenters. The SMILES string of the molecule is CCC(=NO)C(OC)OC. The topological polar surface area (TPSA) is 51.1 Å². The van der Waals surface area contributed by atoms with Gasteiger partial charge in [-0.2, -0.15) is 0 Å². The Morgan fingerprint density at radius 1 is 1.50 bits per heavy atom. The molecule has 0 unspecified atom stereocenters. The minimum atomic E-state index is -0.519. The van der Waals surface area contributed by atoms with Gasteiger partial charge in [-0.3, -0.25) is 0 Å². The number of oxime groups is 1. The van der Waals surface area contributed by atoms with Gasteiger partial charge >= 0.3 is 0 Å². The van der Waals surface area contributed by atoms with Gasteiger partial charge in [-0.1, -0.05) is 12.1 Å². The van der Waals surface area contributed by atoms with Crippen LogP contribution in [0.1, 0.15) is 13.3 Å². The Bertz CT molecular complexity index is 110. The van der Waals surface area contributed by atoms with Gasteiger partial charge in [-0.15, -0.1) is 0 Å². The van der Waals surface area contributed by atoms with E-state index in [1.54, 1.807) is 0 Å². The van der Waals surface area contributed by atoms with Crippen molar-refractivity contribution in [3.05, 3.63) is 0 Å². The highest BCUT2D eigenvalue weighted by atomic mass is 16.7. The van der Waals surface area contributed by atoms with Gasteiger partial charge in [-0.05, 0) is 6.42 Å². The van der Waals surface area contributed by atoms with E-state index >= 15 is 0 Å². The smallest absolute Gasteiger partial charge is 0.199 e. The molecule has 0 saturated carbocycles. The fourth-order valence-electron chi connectivity index (χ4n) is 0.653. The van der Waals surface area contributed by atoms with Crippen molar-refractivity contribution >= 4 is 5.71 Å². The van der Waals surface area contributed by atoms with Gasteiger partial charge in [-0.25, -0.2) is 0 Å². The molecule has 1 N–H and O–H groups in total. The van der Waals surface area contributed by atoms with Crippen LogP contribution in [-0.4, -0.2) is 31.4 Å². The number of hydrogen-bond donors (Lipinski definition) is 1. The fourth-order valence-corrected chi connectivity index (χ4v) is 0.653. The second-order valence-corrected chi connectivity index (χ2v) is 1.75. The average molecular weight is 147 g/mol. The Morgan fingerprint density at radius 2 is 2.00 bits per heavy atom. The van der Waals surface area contributed by atoms with E-state index in [0.29, 0.717) is 12.1 Å². The van der Waals surface area contributed by atoms with Gasteiger partial charge in [0, 0.05) is 14.2 Å². The summed E-state index contributed by atoms with van der Waals surface area (Å²) >= 11 is 0. The van der Waals surface area contributed by atoms with E-state index in [-0.39, 0.29) is 0 Å². The molecule has 0 saturated heterocycles. The molecule has 60 valence electrons. The van der Waals surface area contributed by atoms with E-state index in [2.05, 4.69) is 5.16 Å². The van der Waals surface area contributed by atoms with Gasteiger partial charge in [0.25, 0.3) is 0 Å². The molecule has 0 rings (SSSR count). The Labute approximate surface area is 60.4 Å². The van der Waals surface area contributed by atoms with Crippen molar-refractivity contribution in [2.75, 3.05) is 14.2 Å². The molecule has 0 aromatic heterocycles. The lowest BCUT2D eigenvalue weighted by Crippen LogP contribution is -2.24. The van der Waals surface area contributed by atoms with Crippen molar-refractivity contribution in [2.45, 2.75) is 19.6 Å². The van der Waals surface area contributed by atoms with Gasteiger partial charge in [0.05, 0.1) is 0 Å². The van der Waals surface area contributed by atoms with E-state index in [9.17, 15) is 0 Å². The van der Waals surface area contributed by atoms with Crippen LogP contribution in [0, 0.1) is 0 Å². The highest BCUT2D eigenvalue weighted by molar-refractivity contribution is 5.86. The molecule has 0 aliphatic heterocycles. The Hall–Kier alpha value is -0.610. The van der Waals surface area contributed by atoms with Crippen LogP contribution in [0.3, 0.4) is 0 Å². The summed E-state index contributed by atoms with van der Waals surface area (Å²) in [6.45, 7) is 1.86. The maximum Gasteiger partial charge on any atom is 0.199 e. The molecule has 4 nitrogen and oxygen atoms in total. The van der Waals surface area contributed by atoms with Crippen LogP contribution >= 0.6 is 0 Å². The van der Waals surface area contributed by atoms with E-state index in [0.717, 1.165) is 0 Å². The second-order valence-electron chi connectivity index (χ2n) is 1.75. The van der Waals surface area contributed by atoms with Crippen LogP contribution in [0.5, 0.6) is 0 Å². The van der Waals surface area contributed by atoms with Gasteiger partial charge in [0.1, 0.15) is 5.71 Å². The van der Waals surface area contributed by atoms with Crippen molar-refractivity contribution in [1.29, 1.82) is 0 Å². The summed E-state index contributed by atoms with van der Waals surface area (Å²) in [6.07, 6.45) is 0.0954. The van der Waals surface area contributed by atoms with Gasteiger partial charge in [0.2, 0.25) is 0 Å². The zero-order chi connectivity index (χ0) is 7.98. The minimum Gasteiger partial charge on any atom is -0.411 e. The third-order valence-corrected chi connectivity index (χ3v) is 1.19.